The number of nitrogens with zero attached hydrogens (tertiary/aromatic N) is 3. The Kier molecular flexibility index (Phi) is 4.42. The van der Waals surface area contributed by atoms with Crippen LogP contribution in [0.5, 0.6) is 0 Å². The van der Waals surface area contributed by atoms with Gasteiger partial charge in [0, 0.05) is 21.2 Å². The standard InChI is InChI=1S/C21H14N4O2S2/c26-18(24-14-8-13-4-1-2-5-16(13)22-9-14)10-25-12-23-20-19(21(25)27)15(11-29-20)17-6-3-7-28-17/h1-9,11-12H,10H2,(H,24,26). The number of nitrogens with one attached hydrogen (secondary N) is 1. The summed E-state index contributed by atoms with van der Waals surface area (Å²) >= 11 is 3.00. The Morgan fingerprint density at radius 2 is 2.00 bits per heavy atom. The average Bonchev–Trinajstić information content (AvgIpc) is 3.40. The van der Waals surface area contributed by atoms with Crippen LogP contribution in [0.1, 0.15) is 0 Å². The van der Waals surface area contributed by atoms with Crippen LogP contribution in [0.3, 0.4) is 0 Å². The lowest BCUT2D eigenvalue weighted by molar-refractivity contribution is -0.116. The molecule has 1 N–H and O–H groups in total. The number of amides is 1. The molecule has 1 aromatic carbocycles. The molecule has 5 aromatic rings. The highest BCUT2D eigenvalue weighted by Crippen LogP contribution is 2.33. The van der Waals surface area contributed by atoms with Crippen LogP contribution in [0.25, 0.3) is 31.6 Å². The Morgan fingerprint density at radius 3 is 2.86 bits per heavy atom. The van der Waals surface area contributed by atoms with Crippen LogP contribution in [0.2, 0.25) is 0 Å². The molecule has 4 heterocycles. The minimum Gasteiger partial charge on any atom is -0.323 e. The lowest BCUT2D eigenvalue weighted by Crippen LogP contribution is -2.27. The quantitative estimate of drug-likeness (QED) is 0.470. The van der Waals surface area contributed by atoms with Crippen molar-refractivity contribution in [2.75, 3.05) is 5.32 Å². The Hall–Kier alpha value is -3.36. The van der Waals surface area contributed by atoms with Gasteiger partial charge in [-0.2, -0.15) is 0 Å². The third kappa shape index (κ3) is 3.32. The molecule has 0 atom stereocenters. The fraction of sp³-hybridized carbons (Fsp3) is 0.0476. The summed E-state index contributed by atoms with van der Waals surface area (Å²) in [5.74, 6) is -0.307. The largest absolute Gasteiger partial charge is 0.323 e. The van der Waals surface area contributed by atoms with Crippen LogP contribution in [-0.2, 0) is 11.3 Å². The van der Waals surface area contributed by atoms with Crippen LogP contribution >= 0.6 is 22.7 Å². The molecule has 0 spiro atoms. The van der Waals surface area contributed by atoms with Gasteiger partial charge < -0.3 is 5.32 Å². The van der Waals surface area contributed by atoms with Gasteiger partial charge in [-0.05, 0) is 23.6 Å². The van der Waals surface area contributed by atoms with Crippen molar-refractivity contribution in [1.29, 1.82) is 0 Å². The molecule has 0 saturated heterocycles. The summed E-state index contributed by atoms with van der Waals surface area (Å²) in [6, 6.07) is 13.5. The highest BCUT2D eigenvalue weighted by Gasteiger charge is 2.15. The first-order chi connectivity index (χ1) is 14.2. The van der Waals surface area contributed by atoms with Crippen LogP contribution in [0.15, 0.2) is 70.5 Å². The Bertz CT molecular complexity index is 1400. The van der Waals surface area contributed by atoms with Crippen LogP contribution in [0, 0.1) is 0 Å². The Balaban J connectivity index is 1.43. The van der Waals surface area contributed by atoms with E-state index in [1.807, 2.05) is 53.2 Å². The third-order valence-electron chi connectivity index (χ3n) is 4.54. The Labute approximate surface area is 173 Å². The van der Waals surface area contributed by atoms with E-state index in [0.717, 1.165) is 21.3 Å². The molecule has 0 saturated carbocycles. The van der Waals surface area contributed by atoms with Gasteiger partial charge in [-0.25, -0.2) is 4.98 Å². The number of carbonyl (C=O) groups excluding carboxylic acids is 1. The summed E-state index contributed by atoms with van der Waals surface area (Å²) in [4.78, 5) is 35.9. The van der Waals surface area contributed by atoms with E-state index in [4.69, 9.17) is 0 Å². The number of hydrogen-bond acceptors (Lipinski definition) is 6. The second kappa shape index (κ2) is 7.23. The number of fused-ring (bicyclic) bond motifs is 2. The van der Waals surface area contributed by atoms with Crippen molar-refractivity contribution in [3.8, 4) is 10.4 Å². The first-order valence-electron chi connectivity index (χ1n) is 8.84. The molecule has 29 heavy (non-hydrogen) atoms. The van der Waals surface area contributed by atoms with Crippen molar-refractivity contribution in [2.24, 2.45) is 0 Å². The van der Waals surface area contributed by atoms with E-state index in [1.165, 1.54) is 22.2 Å². The van der Waals surface area contributed by atoms with Crippen molar-refractivity contribution in [1.82, 2.24) is 14.5 Å². The van der Waals surface area contributed by atoms with E-state index in [9.17, 15) is 9.59 Å². The van der Waals surface area contributed by atoms with Crippen LogP contribution in [0.4, 0.5) is 5.69 Å². The number of aromatic nitrogens is 3. The Morgan fingerprint density at radius 1 is 1.10 bits per heavy atom. The normalized spacial score (nSPS) is 11.2. The molecule has 0 aliphatic rings. The highest BCUT2D eigenvalue weighted by atomic mass is 32.1. The van der Waals surface area contributed by atoms with Crippen molar-refractivity contribution >= 4 is 55.4 Å². The van der Waals surface area contributed by atoms with E-state index in [0.29, 0.717) is 15.9 Å². The number of benzene rings is 1. The summed E-state index contributed by atoms with van der Waals surface area (Å²) in [5, 5.41) is 8.21. The van der Waals surface area contributed by atoms with E-state index in [-0.39, 0.29) is 18.0 Å². The van der Waals surface area contributed by atoms with Crippen molar-refractivity contribution in [3.05, 3.63) is 76.1 Å². The molecule has 4 aromatic heterocycles. The van der Waals surface area contributed by atoms with Gasteiger partial charge in [0.1, 0.15) is 11.4 Å². The molecule has 5 rings (SSSR count). The predicted molar refractivity (Wildman–Crippen MR) is 118 cm³/mol. The van der Waals surface area contributed by atoms with Gasteiger partial charge in [0.05, 0.1) is 29.1 Å². The molecule has 142 valence electrons. The van der Waals surface area contributed by atoms with Crippen molar-refractivity contribution in [2.45, 2.75) is 6.54 Å². The summed E-state index contributed by atoms with van der Waals surface area (Å²) in [5.41, 5.74) is 2.10. The second-order valence-corrected chi connectivity index (χ2v) is 8.26. The zero-order valence-corrected chi connectivity index (χ0v) is 16.7. The topological polar surface area (TPSA) is 76.9 Å². The first-order valence-corrected chi connectivity index (χ1v) is 10.6. The zero-order chi connectivity index (χ0) is 19.8. The maximum Gasteiger partial charge on any atom is 0.263 e. The maximum atomic E-state index is 13.0. The molecule has 0 aliphatic heterocycles. The summed E-state index contributed by atoms with van der Waals surface area (Å²) in [6.45, 7) is -0.117. The van der Waals surface area contributed by atoms with Gasteiger partial charge >= 0.3 is 0 Å². The van der Waals surface area contributed by atoms with Crippen LogP contribution in [-0.4, -0.2) is 20.4 Å². The van der Waals surface area contributed by atoms with Crippen molar-refractivity contribution in [3.63, 3.8) is 0 Å². The van der Waals surface area contributed by atoms with E-state index >= 15 is 0 Å². The molecule has 0 aliphatic carbocycles. The molecule has 6 nitrogen and oxygen atoms in total. The number of para-hydroxylation sites is 1. The van der Waals surface area contributed by atoms with Gasteiger partial charge in [0.25, 0.3) is 5.56 Å². The van der Waals surface area contributed by atoms with Gasteiger partial charge in [-0.3, -0.25) is 19.1 Å². The fourth-order valence-corrected chi connectivity index (χ4v) is 4.91. The fourth-order valence-electron chi connectivity index (χ4n) is 3.19. The zero-order valence-electron chi connectivity index (χ0n) is 15.0. The maximum absolute atomic E-state index is 13.0. The number of pyridine rings is 1. The monoisotopic (exact) mass is 418 g/mol. The van der Waals surface area contributed by atoms with E-state index in [2.05, 4.69) is 15.3 Å². The first kappa shape index (κ1) is 17.7. The predicted octanol–water partition coefficient (Wildman–Crippen LogP) is 4.37. The average molecular weight is 419 g/mol. The van der Waals surface area contributed by atoms with Gasteiger partial charge in [0.15, 0.2) is 0 Å². The molecule has 0 radical (unpaired) electrons. The lowest BCUT2D eigenvalue weighted by Gasteiger charge is -2.08. The van der Waals surface area contributed by atoms with Crippen LogP contribution < -0.4 is 10.9 Å². The highest BCUT2D eigenvalue weighted by molar-refractivity contribution is 7.18. The SMILES string of the molecule is O=C(Cn1cnc2scc(-c3cccs3)c2c1=O)Nc1cnc2ccccc2c1. The minimum absolute atomic E-state index is 0.117. The number of hydrogen-bond donors (Lipinski definition) is 1. The number of rotatable bonds is 4. The molecule has 0 fully saturated rings. The van der Waals surface area contributed by atoms with E-state index < -0.39 is 0 Å². The molecule has 0 unspecified atom stereocenters. The molecule has 8 heteroatoms. The number of anilines is 1. The van der Waals surface area contributed by atoms with Gasteiger partial charge in [-0.1, -0.05) is 24.3 Å². The molecular weight excluding hydrogens is 404 g/mol. The van der Waals surface area contributed by atoms with Gasteiger partial charge in [-0.15, -0.1) is 22.7 Å². The van der Waals surface area contributed by atoms with Crippen molar-refractivity contribution < 1.29 is 4.79 Å². The second-order valence-electron chi connectivity index (χ2n) is 6.45. The smallest absolute Gasteiger partial charge is 0.263 e. The third-order valence-corrected chi connectivity index (χ3v) is 6.33. The molecule has 1 amide bonds. The molecule has 0 bridgehead atoms. The van der Waals surface area contributed by atoms with Gasteiger partial charge in [0.2, 0.25) is 5.91 Å². The minimum atomic E-state index is -0.307. The summed E-state index contributed by atoms with van der Waals surface area (Å²) < 4.78 is 1.34. The number of thiophene rings is 2. The summed E-state index contributed by atoms with van der Waals surface area (Å²) in [6.07, 6.45) is 3.04. The molecular formula is C21H14N4O2S2. The number of carbonyl (C=O) groups is 1. The summed E-state index contributed by atoms with van der Waals surface area (Å²) in [7, 11) is 0. The van der Waals surface area contributed by atoms with E-state index in [1.54, 1.807) is 17.5 Å². The lowest BCUT2D eigenvalue weighted by atomic mass is 10.2.